The summed E-state index contributed by atoms with van der Waals surface area (Å²) in [6, 6.07) is 7.04. The van der Waals surface area contributed by atoms with Crippen LogP contribution in [-0.2, 0) is 24.1 Å². The number of aromatic nitrogens is 2. The van der Waals surface area contributed by atoms with Crippen molar-refractivity contribution in [2.75, 3.05) is 4.72 Å². The minimum atomic E-state index is -4.15. The van der Waals surface area contributed by atoms with Crippen molar-refractivity contribution >= 4 is 32.7 Å². The van der Waals surface area contributed by atoms with E-state index in [1.165, 1.54) is 21.3 Å². The number of carboxylic acids is 1. The Bertz CT molecular complexity index is 1210. The molecule has 0 aliphatic rings. The van der Waals surface area contributed by atoms with E-state index >= 15 is 0 Å². The molecule has 1 heterocycles. The number of nitrogens with one attached hydrogen (secondary N) is 1. The smallest absolute Gasteiger partial charge is 0.338 e. The van der Waals surface area contributed by atoms with Crippen LogP contribution in [0, 0.1) is 5.82 Å². The van der Waals surface area contributed by atoms with Gasteiger partial charge in [0.15, 0.2) is 0 Å². The first-order valence-electron chi connectivity index (χ1n) is 7.33. The van der Waals surface area contributed by atoms with E-state index in [4.69, 9.17) is 5.11 Å². The predicted octanol–water partition coefficient (Wildman–Crippen LogP) is 1.52. The van der Waals surface area contributed by atoms with E-state index in [1.807, 2.05) is 0 Å². The number of carboxylic acid groups (broad SMARTS) is 1. The standard InChI is InChI=1S/C16H14FN3O5S/c1-19-13-6-3-9(7-14(13)20(2)16(19)23)18-26(24,25)10-4-5-12(17)11(8-10)15(21)22/h3-8,18H,1-2H3,(H,21,22). The van der Waals surface area contributed by atoms with E-state index in [0.717, 1.165) is 18.2 Å². The van der Waals surface area contributed by atoms with Gasteiger partial charge in [-0.25, -0.2) is 22.4 Å². The fourth-order valence-electron chi connectivity index (χ4n) is 2.62. The monoisotopic (exact) mass is 379 g/mol. The number of hydrogen-bond acceptors (Lipinski definition) is 4. The number of hydrogen-bond donors (Lipinski definition) is 2. The number of imidazole rings is 1. The minimum absolute atomic E-state index is 0.180. The van der Waals surface area contributed by atoms with Crippen molar-refractivity contribution in [1.82, 2.24) is 9.13 Å². The van der Waals surface area contributed by atoms with Crippen LogP contribution >= 0.6 is 0 Å². The number of rotatable bonds is 4. The molecule has 10 heteroatoms. The van der Waals surface area contributed by atoms with Crippen LogP contribution in [0.5, 0.6) is 0 Å². The summed E-state index contributed by atoms with van der Waals surface area (Å²) in [5.74, 6) is -2.60. The molecule has 3 rings (SSSR count). The molecule has 1 aromatic heterocycles. The SMILES string of the molecule is Cn1c(=O)n(C)c2cc(NS(=O)(=O)c3ccc(F)c(C(=O)O)c3)ccc21. The summed E-state index contributed by atoms with van der Waals surface area (Å²) in [6.07, 6.45) is 0. The largest absolute Gasteiger partial charge is 0.478 e. The van der Waals surface area contributed by atoms with Crippen molar-refractivity contribution in [3.8, 4) is 0 Å². The lowest BCUT2D eigenvalue weighted by Gasteiger charge is -2.09. The van der Waals surface area contributed by atoms with Gasteiger partial charge in [-0.3, -0.25) is 13.9 Å². The first-order valence-corrected chi connectivity index (χ1v) is 8.81. The van der Waals surface area contributed by atoms with Crippen molar-refractivity contribution in [3.63, 3.8) is 0 Å². The molecule has 0 fully saturated rings. The molecule has 2 N–H and O–H groups in total. The van der Waals surface area contributed by atoms with Crippen LogP contribution in [0.1, 0.15) is 10.4 Å². The number of aryl methyl sites for hydroxylation is 2. The Hall–Kier alpha value is -3.14. The number of benzene rings is 2. The molecular weight excluding hydrogens is 365 g/mol. The van der Waals surface area contributed by atoms with Gasteiger partial charge >= 0.3 is 11.7 Å². The third-order valence-electron chi connectivity index (χ3n) is 4.00. The molecule has 26 heavy (non-hydrogen) atoms. The van der Waals surface area contributed by atoms with E-state index in [0.29, 0.717) is 11.0 Å². The first-order chi connectivity index (χ1) is 12.1. The second kappa shape index (κ2) is 5.99. The molecule has 0 atom stereocenters. The maximum atomic E-state index is 13.5. The van der Waals surface area contributed by atoms with Crippen LogP contribution in [0.2, 0.25) is 0 Å². The second-order valence-corrected chi connectivity index (χ2v) is 7.34. The summed E-state index contributed by atoms with van der Waals surface area (Å²) in [5.41, 5.74) is 0.316. The van der Waals surface area contributed by atoms with Gasteiger partial charge in [-0.1, -0.05) is 0 Å². The highest BCUT2D eigenvalue weighted by Gasteiger charge is 2.20. The zero-order chi connectivity index (χ0) is 19.2. The van der Waals surface area contributed by atoms with Gasteiger partial charge in [0, 0.05) is 14.1 Å². The van der Waals surface area contributed by atoms with Gasteiger partial charge in [0.2, 0.25) is 0 Å². The lowest BCUT2D eigenvalue weighted by molar-refractivity contribution is 0.0691. The van der Waals surface area contributed by atoms with E-state index < -0.39 is 32.3 Å². The van der Waals surface area contributed by atoms with Gasteiger partial charge < -0.3 is 5.11 Å². The van der Waals surface area contributed by atoms with Crippen LogP contribution < -0.4 is 10.4 Å². The van der Waals surface area contributed by atoms with Gasteiger partial charge in [0.25, 0.3) is 10.0 Å². The molecule has 0 unspecified atom stereocenters. The molecule has 2 aromatic carbocycles. The van der Waals surface area contributed by atoms with Gasteiger partial charge in [0.1, 0.15) is 5.82 Å². The highest BCUT2D eigenvalue weighted by molar-refractivity contribution is 7.92. The van der Waals surface area contributed by atoms with Crippen LogP contribution in [0.25, 0.3) is 11.0 Å². The Kier molecular flexibility index (Phi) is 4.07. The Morgan fingerprint density at radius 2 is 1.73 bits per heavy atom. The molecule has 0 radical (unpaired) electrons. The first kappa shape index (κ1) is 17.7. The number of anilines is 1. The Morgan fingerprint density at radius 1 is 1.08 bits per heavy atom. The molecule has 136 valence electrons. The molecule has 3 aromatic rings. The quantitative estimate of drug-likeness (QED) is 0.714. The number of aromatic carboxylic acids is 1. The fourth-order valence-corrected chi connectivity index (χ4v) is 3.70. The molecule has 0 amide bonds. The topological polar surface area (TPSA) is 110 Å². The van der Waals surface area contributed by atoms with Crippen molar-refractivity contribution in [2.24, 2.45) is 14.1 Å². The van der Waals surface area contributed by atoms with Gasteiger partial charge in [-0.15, -0.1) is 0 Å². The summed E-state index contributed by atoms with van der Waals surface area (Å²) in [4.78, 5) is 22.5. The van der Waals surface area contributed by atoms with Gasteiger partial charge in [0.05, 0.1) is 27.2 Å². The van der Waals surface area contributed by atoms with E-state index in [1.54, 1.807) is 20.2 Å². The van der Waals surface area contributed by atoms with Gasteiger partial charge in [-0.2, -0.15) is 0 Å². The molecule has 0 spiro atoms. The number of halogens is 1. The average molecular weight is 379 g/mol. The average Bonchev–Trinajstić information content (AvgIpc) is 2.79. The van der Waals surface area contributed by atoms with Crippen LogP contribution in [-0.4, -0.2) is 28.6 Å². The molecule has 0 saturated carbocycles. The highest BCUT2D eigenvalue weighted by atomic mass is 32.2. The van der Waals surface area contributed by atoms with E-state index in [-0.39, 0.29) is 11.4 Å². The Morgan fingerprint density at radius 3 is 2.38 bits per heavy atom. The zero-order valence-electron chi connectivity index (χ0n) is 13.7. The lowest BCUT2D eigenvalue weighted by atomic mass is 10.2. The van der Waals surface area contributed by atoms with E-state index in [9.17, 15) is 22.4 Å². The number of fused-ring (bicyclic) bond motifs is 1. The lowest BCUT2D eigenvalue weighted by Crippen LogP contribution is -2.19. The van der Waals surface area contributed by atoms with E-state index in [2.05, 4.69) is 4.72 Å². The molecule has 0 aliphatic carbocycles. The molecule has 0 bridgehead atoms. The fraction of sp³-hybridized carbons (Fsp3) is 0.125. The molecule has 0 saturated heterocycles. The number of nitrogens with zero attached hydrogens (tertiary/aromatic N) is 2. The number of carbonyl (C=O) groups is 1. The molecule has 8 nitrogen and oxygen atoms in total. The maximum absolute atomic E-state index is 13.5. The summed E-state index contributed by atoms with van der Waals surface area (Å²) in [6.45, 7) is 0. The second-order valence-electron chi connectivity index (χ2n) is 5.66. The van der Waals surface area contributed by atoms with Crippen molar-refractivity contribution in [1.29, 1.82) is 0 Å². The van der Waals surface area contributed by atoms with Gasteiger partial charge in [-0.05, 0) is 36.4 Å². The Labute approximate surface area is 147 Å². The van der Waals surface area contributed by atoms with Crippen molar-refractivity contribution in [3.05, 3.63) is 58.3 Å². The van der Waals surface area contributed by atoms with Crippen LogP contribution in [0.3, 0.4) is 0 Å². The summed E-state index contributed by atoms with van der Waals surface area (Å²) >= 11 is 0. The summed E-state index contributed by atoms with van der Waals surface area (Å²) < 4.78 is 43.5. The minimum Gasteiger partial charge on any atom is -0.478 e. The van der Waals surface area contributed by atoms with Crippen LogP contribution in [0.15, 0.2) is 46.1 Å². The number of sulfonamides is 1. The summed E-state index contributed by atoms with van der Waals surface area (Å²) in [7, 11) is -0.990. The van der Waals surface area contributed by atoms with Crippen LogP contribution in [0.4, 0.5) is 10.1 Å². The normalized spacial score (nSPS) is 11.7. The third kappa shape index (κ3) is 2.84. The van der Waals surface area contributed by atoms with Crippen molar-refractivity contribution in [2.45, 2.75) is 4.90 Å². The third-order valence-corrected chi connectivity index (χ3v) is 5.38. The highest BCUT2D eigenvalue weighted by Crippen LogP contribution is 2.22. The predicted molar refractivity (Wildman–Crippen MR) is 92.3 cm³/mol. The molecular formula is C16H14FN3O5S. The maximum Gasteiger partial charge on any atom is 0.338 e. The molecule has 0 aliphatic heterocycles. The summed E-state index contributed by atoms with van der Waals surface area (Å²) in [5, 5.41) is 8.93. The van der Waals surface area contributed by atoms with Crippen molar-refractivity contribution < 1.29 is 22.7 Å². The zero-order valence-corrected chi connectivity index (χ0v) is 14.5. The Balaban J connectivity index is 2.04.